The van der Waals surface area contributed by atoms with Crippen LogP contribution in [0.2, 0.25) is 0 Å². The lowest BCUT2D eigenvalue weighted by molar-refractivity contribution is 0.528. The second kappa shape index (κ2) is 5.91. The first-order chi connectivity index (χ1) is 10.1. The van der Waals surface area contributed by atoms with Crippen LogP contribution in [-0.4, -0.2) is 15.0 Å². The van der Waals surface area contributed by atoms with Crippen LogP contribution in [0.1, 0.15) is 24.1 Å². The van der Waals surface area contributed by atoms with Crippen LogP contribution < -0.4 is 5.32 Å². The van der Waals surface area contributed by atoms with Gasteiger partial charge < -0.3 is 10.3 Å². The molecule has 108 valence electrons. The third-order valence-corrected chi connectivity index (χ3v) is 3.91. The molecule has 6 heteroatoms. The maximum absolute atomic E-state index is 13.9. The predicted molar refractivity (Wildman–Crippen MR) is 83.2 cm³/mol. The summed E-state index contributed by atoms with van der Waals surface area (Å²) in [5, 5.41) is 3.31. The summed E-state index contributed by atoms with van der Waals surface area (Å²) in [7, 11) is 0. The van der Waals surface area contributed by atoms with Gasteiger partial charge in [0, 0.05) is 46.8 Å². The van der Waals surface area contributed by atoms with Gasteiger partial charge in [-0.3, -0.25) is 4.98 Å². The second-order valence-corrected chi connectivity index (χ2v) is 5.75. The van der Waals surface area contributed by atoms with Crippen molar-refractivity contribution in [3.8, 4) is 0 Å². The van der Waals surface area contributed by atoms with E-state index in [-0.39, 0.29) is 11.9 Å². The number of benzene rings is 1. The normalized spacial score (nSPS) is 12.7. The Labute approximate surface area is 129 Å². The third-order valence-electron chi connectivity index (χ3n) is 3.41. The summed E-state index contributed by atoms with van der Waals surface area (Å²) in [5.41, 5.74) is 3.26. The summed E-state index contributed by atoms with van der Waals surface area (Å²) in [6, 6.07) is 5.00. The smallest absolute Gasteiger partial charge is 0.156 e. The first-order valence-corrected chi connectivity index (χ1v) is 7.40. The minimum Gasteiger partial charge on any atom is -0.344 e. The Morgan fingerprint density at radius 1 is 1.33 bits per heavy atom. The Kier molecular flexibility index (Phi) is 3.98. The molecule has 2 aromatic heterocycles. The minimum absolute atomic E-state index is 0.0975. The third kappa shape index (κ3) is 2.96. The summed E-state index contributed by atoms with van der Waals surface area (Å²) in [4.78, 5) is 11.6. The number of aromatic amines is 1. The molecular weight excluding hydrogens is 335 g/mol. The van der Waals surface area contributed by atoms with E-state index in [1.807, 2.05) is 19.2 Å². The zero-order valence-electron chi connectivity index (χ0n) is 11.4. The van der Waals surface area contributed by atoms with E-state index in [4.69, 9.17) is 0 Å². The second-order valence-electron chi connectivity index (χ2n) is 4.84. The molecule has 1 aromatic carbocycles. The number of nitrogens with one attached hydrogen (secondary N) is 2. The van der Waals surface area contributed by atoms with Gasteiger partial charge >= 0.3 is 0 Å². The molecule has 0 saturated heterocycles. The SMILES string of the molecule is C[C@H](NCc1c[nH]c2nccnc12)c1ccc(Br)cc1F. The number of rotatable bonds is 4. The monoisotopic (exact) mass is 348 g/mol. The maximum atomic E-state index is 13.9. The van der Waals surface area contributed by atoms with Crippen LogP contribution in [-0.2, 0) is 6.54 Å². The molecule has 0 unspecified atom stereocenters. The van der Waals surface area contributed by atoms with Crippen LogP contribution in [0, 0.1) is 5.82 Å². The highest BCUT2D eigenvalue weighted by Crippen LogP contribution is 2.22. The van der Waals surface area contributed by atoms with Gasteiger partial charge in [-0.25, -0.2) is 9.37 Å². The number of fused-ring (bicyclic) bond motifs is 1. The van der Waals surface area contributed by atoms with Crippen molar-refractivity contribution < 1.29 is 4.39 Å². The van der Waals surface area contributed by atoms with Crippen molar-refractivity contribution in [3.05, 3.63) is 58.2 Å². The van der Waals surface area contributed by atoms with E-state index in [9.17, 15) is 4.39 Å². The molecule has 0 fully saturated rings. The molecule has 21 heavy (non-hydrogen) atoms. The van der Waals surface area contributed by atoms with E-state index in [0.29, 0.717) is 12.1 Å². The van der Waals surface area contributed by atoms with Gasteiger partial charge in [0.25, 0.3) is 0 Å². The van der Waals surface area contributed by atoms with E-state index < -0.39 is 0 Å². The Bertz CT molecular complexity index is 771. The topological polar surface area (TPSA) is 53.6 Å². The summed E-state index contributed by atoms with van der Waals surface area (Å²) in [6.07, 6.45) is 5.19. The number of nitrogens with zero attached hydrogens (tertiary/aromatic N) is 2. The zero-order chi connectivity index (χ0) is 14.8. The standard InChI is InChI=1S/C15H14BrFN4/c1-9(12-3-2-11(16)6-13(12)17)20-7-10-8-21-15-14(10)18-4-5-19-15/h2-6,8-9,20H,7H2,1H3,(H,19,21)/t9-/m0/s1. The van der Waals surface area contributed by atoms with Crippen LogP contribution in [0.15, 0.2) is 41.3 Å². The van der Waals surface area contributed by atoms with E-state index in [2.05, 4.69) is 36.2 Å². The van der Waals surface area contributed by atoms with Gasteiger partial charge in [0.15, 0.2) is 5.65 Å². The molecule has 3 aromatic rings. The van der Waals surface area contributed by atoms with E-state index in [1.165, 1.54) is 6.07 Å². The first kappa shape index (κ1) is 14.2. The molecular formula is C15H14BrFN4. The predicted octanol–water partition coefficient (Wildman–Crippen LogP) is 3.71. The van der Waals surface area contributed by atoms with Crippen LogP contribution in [0.3, 0.4) is 0 Å². The number of halogens is 2. The number of H-pyrrole nitrogens is 1. The quantitative estimate of drug-likeness (QED) is 0.755. The summed E-state index contributed by atoms with van der Waals surface area (Å²) < 4.78 is 14.7. The molecule has 1 atom stereocenters. The fourth-order valence-electron chi connectivity index (χ4n) is 2.26. The molecule has 0 saturated carbocycles. The maximum Gasteiger partial charge on any atom is 0.156 e. The van der Waals surface area contributed by atoms with Crippen LogP contribution in [0.4, 0.5) is 4.39 Å². The number of aromatic nitrogens is 3. The number of hydrogen-bond donors (Lipinski definition) is 2. The van der Waals surface area contributed by atoms with Gasteiger partial charge in [0.2, 0.25) is 0 Å². The highest BCUT2D eigenvalue weighted by molar-refractivity contribution is 9.10. The first-order valence-electron chi connectivity index (χ1n) is 6.60. The van der Waals surface area contributed by atoms with Crippen LogP contribution in [0.25, 0.3) is 11.2 Å². The summed E-state index contributed by atoms with van der Waals surface area (Å²) in [6.45, 7) is 2.53. The molecule has 0 amide bonds. The molecule has 3 rings (SSSR count). The average molecular weight is 349 g/mol. The molecule has 0 spiro atoms. The van der Waals surface area contributed by atoms with Crippen molar-refractivity contribution >= 4 is 27.1 Å². The largest absolute Gasteiger partial charge is 0.344 e. The Balaban J connectivity index is 1.75. The van der Waals surface area contributed by atoms with Crippen LogP contribution >= 0.6 is 15.9 Å². The van der Waals surface area contributed by atoms with Gasteiger partial charge in [0.05, 0.1) is 0 Å². The van der Waals surface area contributed by atoms with Crippen molar-refractivity contribution in [1.29, 1.82) is 0 Å². The van der Waals surface area contributed by atoms with E-state index in [1.54, 1.807) is 18.5 Å². The Hall–Kier alpha value is -1.79. The highest BCUT2D eigenvalue weighted by Gasteiger charge is 2.12. The molecule has 0 bridgehead atoms. The van der Waals surface area contributed by atoms with Gasteiger partial charge in [-0.15, -0.1) is 0 Å². The molecule has 0 aliphatic carbocycles. The van der Waals surface area contributed by atoms with Gasteiger partial charge in [-0.1, -0.05) is 22.0 Å². The Morgan fingerprint density at radius 2 is 2.14 bits per heavy atom. The lowest BCUT2D eigenvalue weighted by atomic mass is 10.1. The summed E-state index contributed by atoms with van der Waals surface area (Å²) in [5.74, 6) is -0.219. The van der Waals surface area contributed by atoms with Crippen molar-refractivity contribution in [2.75, 3.05) is 0 Å². The van der Waals surface area contributed by atoms with Gasteiger partial charge in [-0.05, 0) is 19.1 Å². The fraction of sp³-hybridized carbons (Fsp3) is 0.200. The van der Waals surface area contributed by atoms with Crippen LogP contribution in [0.5, 0.6) is 0 Å². The van der Waals surface area contributed by atoms with E-state index in [0.717, 1.165) is 21.2 Å². The fourth-order valence-corrected chi connectivity index (χ4v) is 2.60. The highest BCUT2D eigenvalue weighted by atomic mass is 79.9. The molecule has 4 nitrogen and oxygen atoms in total. The van der Waals surface area contributed by atoms with E-state index >= 15 is 0 Å². The van der Waals surface area contributed by atoms with Crippen molar-refractivity contribution in [2.24, 2.45) is 0 Å². The minimum atomic E-state index is -0.219. The lowest BCUT2D eigenvalue weighted by Gasteiger charge is -2.14. The van der Waals surface area contributed by atoms with Crippen molar-refractivity contribution in [1.82, 2.24) is 20.3 Å². The molecule has 0 aliphatic heterocycles. The molecule has 2 N–H and O–H groups in total. The Morgan fingerprint density at radius 3 is 2.95 bits per heavy atom. The van der Waals surface area contributed by atoms with Crippen molar-refractivity contribution in [2.45, 2.75) is 19.5 Å². The zero-order valence-corrected chi connectivity index (χ0v) is 13.0. The lowest BCUT2D eigenvalue weighted by Crippen LogP contribution is -2.19. The number of hydrogen-bond acceptors (Lipinski definition) is 3. The molecule has 0 aliphatic rings. The summed E-state index contributed by atoms with van der Waals surface area (Å²) >= 11 is 3.26. The van der Waals surface area contributed by atoms with Gasteiger partial charge in [0.1, 0.15) is 11.3 Å². The molecule has 0 radical (unpaired) electrons. The van der Waals surface area contributed by atoms with Crippen molar-refractivity contribution in [3.63, 3.8) is 0 Å². The molecule has 2 heterocycles. The van der Waals surface area contributed by atoms with Gasteiger partial charge in [-0.2, -0.15) is 0 Å². The average Bonchev–Trinajstić information content (AvgIpc) is 2.88.